The number of carboxylic acid groups (broad SMARTS) is 1. The fraction of sp³-hybridized carbons (Fsp3) is 0.280. The van der Waals surface area contributed by atoms with Crippen LogP contribution in [0.3, 0.4) is 0 Å². The standard InChI is InChI=1S/C25H26N4O5/c1-14-22(28-15(2)27-14)12-26-24(32)21(11-23(30)31)29-25(33)34-13-20-18-9-5-3-7-16(18)17-8-4-6-10-19(17)20/h3-10,20-21H,11-13H2,1-2H3,(H,26,32)(H,27,28)(H,29,33)(H,30,31). The minimum atomic E-state index is -1.28. The highest BCUT2D eigenvalue weighted by Crippen LogP contribution is 2.44. The van der Waals surface area contributed by atoms with E-state index in [1.54, 1.807) is 6.92 Å². The first-order chi connectivity index (χ1) is 16.3. The topological polar surface area (TPSA) is 133 Å². The molecule has 2 aromatic carbocycles. The second kappa shape index (κ2) is 9.78. The number of imidazole rings is 1. The number of aromatic nitrogens is 2. The zero-order valence-corrected chi connectivity index (χ0v) is 18.9. The molecule has 176 valence electrons. The largest absolute Gasteiger partial charge is 0.481 e. The van der Waals surface area contributed by atoms with Crippen molar-refractivity contribution in [2.24, 2.45) is 0 Å². The van der Waals surface area contributed by atoms with Gasteiger partial charge in [-0.3, -0.25) is 9.59 Å². The van der Waals surface area contributed by atoms with Crippen LogP contribution in [0.5, 0.6) is 0 Å². The molecule has 0 saturated carbocycles. The molecule has 2 amide bonds. The summed E-state index contributed by atoms with van der Waals surface area (Å²) < 4.78 is 5.45. The lowest BCUT2D eigenvalue weighted by Crippen LogP contribution is -2.48. The molecule has 0 spiro atoms. The van der Waals surface area contributed by atoms with Crippen LogP contribution in [0.15, 0.2) is 48.5 Å². The summed E-state index contributed by atoms with van der Waals surface area (Å²) in [6.45, 7) is 3.79. The Hall–Kier alpha value is -4.14. The molecule has 9 heteroatoms. The Labute approximate surface area is 196 Å². The van der Waals surface area contributed by atoms with Crippen molar-refractivity contribution in [2.45, 2.75) is 38.8 Å². The van der Waals surface area contributed by atoms with Crippen LogP contribution in [0.2, 0.25) is 0 Å². The van der Waals surface area contributed by atoms with Crippen LogP contribution in [-0.2, 0) is 20.9 Å². The molecule has 1 atom stereocenters. The van der Waals surface area contributed by atoms with E-state index in [9.17, 15) is 19.5 Å². The number of carbonyl (C=O) groups is 3. The first-order valence-corrected chi connectivity index (χ1v) is 11.0. The lowest BCUT2D eigenvalue weighted by molar-refractivity contribution is -0.139. The van der Waals surface area contributed by atoms with Crippen molar-refractivity contribution in [3.63, 3.8) is 0 Å². The molecule has 1 aliphatic rings. The van der Waals surface area contributed by atoms with Gasteiger partial charge in [0.2, 0.25) is 5.91 Å². The Morgan fingerprint density at radius 2 is 1.68 bits per heavy atom. The summed E-state index contributed by atoms with van der Waals surface area (Å²) in [6, 6.07) is 14.6. The number of amides is 2. The van der Waals surface area contributed by atoms with E-state index in [0.717, 1.165) is 27.9 Å². The van der Waals surface area contributed by atoms with Gasteiger partial charge in [0.05, 0.1) is 18.7 Å². The molecular weight excluding hydrogens is 436 g/mol. The van der Waals surface area contributed by atoms with Gasteiger partial charge in [0, 0.05) is 11.6 Å². The van der Waals surface area contributed by atoms with Gasteiger partial charge in [-0.05, 0) is 36.1 Å². The highest BCUT2D eigenvalue weighted by molar-refractivity contribution is 5.89. The van der Waals surface area contributed by atoms with Crippen molar-refractivity contribution in [3.8, 4) is 11.1 Å². The predicted octanol–water partition coefficient (Wildman–Crippen LogP) is 3.02. The molecule has 4 rings (SSSR count). The fourth-order valence-electron chi connectivity index (χ4n) is 4.29. The number of aromatic amines is 1. The van der Waals surface area contributed by atoms with Gasteiger partial charge in [-0.1, -0.05) is 48.5 Å². The maximum atomic E-state index is 12.6. The minimum absolute atomic E-state index is 0.0625. The summed E-state index contributed by atoms with van der Waals surface area (Å²) in [7, 11) is 0. The molecule has 0 fully saturated rings. The summed E-state index contributed by atoms with van der Waals surface area (Å²) in [5.41, 5.74) is 5.75. The van der Waals surface area contributed by atoms with Crippen LogP contribution < -0.4 is 10.6 Å². The highest BCUT2D eigenvalue weighted by atomic mass is 16.5. The Kier molecular flexibility index (Phi) is 6.62. The zero-order valence-electron chi connectivity index (χ0n) is 18.9. The smallest absolute Gasteiger partial charge is 0.407 e. The van der Waals surface area contributed by atoms with Crippen LogP contribution in [0.4, 0.5) is 4.79 Å². The van der Waals surface area contributed by atoms with Crippen molar-refractivity contribution in [1.29, 1.82) is 0 Å². The number of fused-ring (bicyclic) bond motifs is 3. The van der Waals surface area contributed by atoms with Crippen LogP contribution in [0, 0.1) is 13.8 Å². The van der Waals surface area contributed by atoms with Crippen molar-refractivity contribution in [3.05, 3.63) is 76.9 Å². The van der Waals surface area contributed by atoms with Gasteiger partial charge in [-0.15, -0.1) is 0 Å². The van der Waals surface area contributed by atoms with E-state index in [1.165, 1.54) is 0 Å². The lowest BCUT2D eigenvalue weighted by Gasteiger charge is -2.18. The average molecular weight is 463 g/mol. The number of rotatable bonds is 8. The van der Waals surface area contributed by atoms with E-state index >= 15 is 0 Å². The molecule has 0 aliphatic heterocycles. The molecule has 9 nitrogen and oxygen atoms in total. The SMILES string of the molecule is Cc1nc(CNC(=O)C(CC(=O)O)NC(=O)OCC2c3ccccc3-c3ccccc32)c(C)[nH]1. The molecule has 1 unspecified atom stereocenters. The number of nitrogens with zero attached hydrogens (tertiary/aromatic N) is 1. The number of nitrogens with one attached hydrogen (secondary N) is 3. The van der Waals surface area contributed by atoms with Gasteiger partial charge < -0.3 is 25.5 Å². The first kappa shape index (κ1) is 23.0. The molecule has 1 aliphatic carbocycles. The third-order valence-electron chi connectivity index (χ3n) is 5.86. The first-order valence-electron chi connectivity index (χ1n) is 11.0. The third-order valence-corrected chi connectivity index (χ3v) is 5.86. The monoisotopic (exact) mass is 462 g/mol. The number of hydrogen-bond acceptors (Lipinski definition) is 5. The Balaban J connectivity index is 1.39. The molecule has 4 N–H and O–H groups in total. The number of carbonyl (C=O) groups excluding carboxylic acids is 2. The second-order valence-electron chi connectivity index (χ2n) is 8.23. The van der Waals surface area contributed by atoms with E-state index in [0.29, 0.717) is 11.5 Å². The third kappa shape index (κ3) is 4.93. The second-order valence-corrected chi connectivity index (χ2v) is 8.23. The van der Waals surface area contributed by atoms with Crippen LogP contribution in [0.1, 0.15) is 40.7 Å². The van der Waals surface area contributed by atoms with E-state index in [-0.39, 0.29) is 19.1 Å². The van der Waals surface area contributed by atoms with Crippen molar-refractivity contribution in [1.82, 2.24) is 20.6 Å². The molecule has 0 radical (unpaired) electrons. The van der Waals surface area contributed by atoms with Crippen LogP contribution >= 0.6 is 0 Å². The summed E-state index contributed by atoms with van der Waals surface area (Å²) >= 11 is 0. The lowest BCUT2D eigenvalue weighted by atomic mass is 9.98. The number of ether oxygens (including phenoxy) is 1. The Morgan fingerprint density at radius 1 is 1.06 bits per heavy atom. The van der Waals surface area contributed by atoms with Crippen LogP contribution in [0.25, 0.3) is 11.1 Å². The van der Waals surface area contributed by atoms with Crippen molar-refractivity contribution < 1.29 is 24.2 Å². The Morgan fingerprint density at radius 3 is 2.24 bits per heavy atom. The molecule has 1 aromatic heterocycles. The number of H-pyrrole nitrogens is 1. The van der Waals surface area contributed by atoms with Gasteiger partial charge in [-0.25, -0.2) is 9.78 Å². The quantitative estimate of drug-likeness (QED) is 0.407. The molecule has 34 heavy (non-hydrogen) atoms. The van der Waals surface area contributed by atoms with E-state index in [2.05, 4.69) is 20.6 Å². The van der Waals surface area contributed by atoms with E-state index in [4.69, 9.17) is 4.74 Å². The number of hydrogen-bond donors (Lipinski definition) is 4. The van der Waals surface area contributed by atoms with Gasteiger partial charge in [-0.2, -0.15) is 0 Å². The van der Waals surface area contributed by atoms with Gasteiger partial charge in [0.1, 0.15) is 18.5 Å². The maximum absolute atomic E-state index is 12.6. The highest BCUT2D eigenvalue weighted by Gasteiger charge is 2.30. The summed E-state index contributed by atoms with van der Waals surface area (Å²) in [5, 5.41) is 14.2. The number of aliphatic carboxylic acids is 1. The van der Waals surface area contributed by atoms with Gasteiger partial charge in [0.25, 0.3) is 0 Å². The van der Waals surface area contributed by atoms with Gasteiger partial charge >= 0.3 is 12.1 Å². The molecule has 1 heterocycles. The van der Waals surface area contributed by atoms with Crippen LogP contribution in [-0.4, -0.2) is 45.7 Å². The summed E-state index contributed by atoms with van der Waals surface area (Å²) in [4.78, 5) is 43.7. The van der Waals surface area contributed by atoms with Crippen molar-refractivity contribution in [2.75, 3.05) is 6.61 Å². The van der Waals surface area contributed by atoms with E-state index < -0.39 is 30.4 Å². The zero-order chi connectivity index (χ0) is 24.2. The summed E-state index contributed by atoms with van der Waals surface area (Å²) in [5.74, 6) is -1.28. The Bertz CT molecular complexity index is 1190. The predicted molar refractivity (Wildman–Crippen MR) is 124 cm³/mol. The number of carboxylic acids is 1. The normalized spacial score (nSPS) is 13.0. The van der Waals surface area contributed by atoms with Gasteiger partial charge in [0.15, 0.2) is 0 Å². The molecule has 0 saturated heterocycles. The maximum Gasteiger partial charge on any atom is 0.407 e. The molecule has 0 bridgehead atoms. The molecular formula is C25H26N4O5. The number of alkyl carbamates (subject to hydrolysis) is 1. The molecule has 3 aromatic rings. The fourth-order valence-corrected chi connectivity index (χ4v) is 4.29. The van der Waals surface area contributed by atoms with E-state index in [1.807, 2.05) is 55.5 Å². The number of benzene rings is 2. The summed E-state index contributed by atoms with van der Waals surface area (Å²) in [6.07, 6.45) is -1.43. The number of aryl methyl sites for hydroxylation is 2. The average Bonchev–Trinajstić information content (AvgIpc) is 3.31. The minimum Gasteiger partial charge on any atom is -0.481 e. The van der Waals surface area contributed by atoms with Crippen molar-refractivity contribution >= 4 is 18.0 Å².